The van der Waals surface area contributed by atoms with E-state index in [9.17, 15) is 4.79 Å². The van der Waals surface area contributed by atoms with Crippen LogP contribution < -0.4 is 9.80 Å². The van der Waals surface area contributed by atoms with Crippen molar-refractivity contribution in [2.75, 3.05) is 42.6 Å². The van der Waals surface area contributed by atoms with Gasteiger partial charge in [0.15, 0.2) is 5.72 Å². The molecular weight excluding hydrogens is 496 g/mol. The first-order valence-electron chi connectivity index (χ1n) is 13.6. The molecule has 0 bridgehead atoms. The normalized spacial score (nSPS) is 21.2. The summed E-state index contributed by atoms with van der Waals surface area (Å²) in [6.07, 6.45) is 10.1. The smallest absolute Gasteiger partial charge is 0.310 e. The van der Waals surface area contributed by atoms with Crippen molar-refractivity contribution < 1.29 is 36.0 Å². The molecular formula is C31H39N2O3Ti-. The molecule has 1 saturated carbocycles. The number of carbonyl (C=O) groups is 1. The van der Waals surface area contributed by atoms with E-state index < -0.39 is 5.72 Å². The summed E-state index contributed by atoms with van der Waals surface area (Å²) < 4.78 is 12.0. The Morgan fingerprint density at radius 2 is 1.95 bits per heavy atom. The van der Waals surface area contributed by atoms with Gasteiger partial charge in [-0.15, -0.1) is 6.42 Å². The van der Waals surface area contributed by atoms with E-state index in [1.165, 1.54) is 35.3 Å². The van der Waals surface area contributed by atoms with Crippen molar-refractivity contribution in [1.82, 2.24) is 0 Å². The van der Waals surface area contributed by atoms with Crippen LogP contribution in [0.4, 0.5) is 11.4 Å². The van der Waals surface area contributed by atoms with Gasteiger partial charge in [0, 0.05) is 58.1 Å². The molecule has 5 rings (SSSR count). The third kappa shape index (κ3) is 4.91. The van der Waals surface area contributed by atoms with Crippen LogP contribution in [0.1, 0.15) is 62.6 Å². The number of rotatable bonds is 9. The first-order valence-corrected chi connectivity index (χ1v) is 13.6. The van der Waals surface area contributed by atoms with Crippen LogP contribution >= 0.6 is 0 Å². The molecule has 1 atom stereocenters. The van der Waals surface area contributed by atoms with Crippen LogP contribution in [0.3, 0.4) is 0 Å². The van der Waals surface area contributed by atoms with Gasteiger partial charge in [0.1, 0.15) is 0 Å². The van der Waals surface area contributed by atoms with Crippen molar-refractivity contribution in [2.45, 2.75) is 63.5 Å². The van der Waals surface area contributed by atoms with Crippen molar-refractivity contribution in [3.05, 3.63) is 72.2 Å². The molecule has 2 aliphatic heterocycles. The van der Waals surface area contributed by atoms with Crippen LogP contribution in [0.25, 0.3) is 6.08 Å². The van der Waals surface area contributed by atoms with E-state index >= 15 is 0 Å². The summed E-state index contributed by atoms with van der Waals surface area (Å²) in [5, 5.41) is 0. The van der Waals surface area contributed by atoms with Gasteiger partial charge in [0.2, 0.25) is 0 Å². The maximum Gasteiger partial charge on any atom is 0.310 e. The Balaban J connectivity index is 0.00000320. The van der Waals surface area contributed by atoms with Gasteiger partial charge in [0.05, 0.1) is 19.6 Å². The van der Waals surface area contributed by atoms with Gasteiger partial charge in [-0.25, -0.2) is 0 Å². The van der Waals surface area contributed by atoms with Gasteiger partial charge in [-0.2, -0.15) is 0 Å². The molecule has 0 radical (unpaired) electrons. The van der Waals surface area contributed by atoms with Gasteiger partial charge in [-0.3, -0.25) is 4.79 Å². The van der Waals surface area contributed by atoms with Crippen LogP contribution in [-0.2, 0) is 47.8 Å². The van der Waals surface area contributed by atoms with Gasteiger partial charge in [-0.05, 0) is 67.7 Å². The van der Waals surface area contributed by atoms with Crippen LogP contribution in [0.5, 0.6) is 0 Å². The summed E-state index contributed by atoms with van der Waals surface area (Å²) >= 11 is 0. The predicted molar refractivity (Wildman–Crippen MR) is 146 cm³/mol. The second kappa shape index (κ2) is 11.8. The molecule has 3 aliphatic rings. The SMILES string of the molecule is [CH2-]CCOC(=O)Cc1ccc2c(c1)C1(CCCC1)C1(/C=C/c3cccc(N(CC)CC)c3)OCCN21.[Ti]. The van der Waals surface area contributed by atoms with Crippen molar-refractivity contribution in [3.63, 3.8) is 0 Å². The van der Waals surface area contributed by atoms with Crippen molar-refractivity contribution in [2.24, 2.45) is 0 Å². The number of ether oxygens (including phenoxy) is 2. The van der Waals surface area contributed by atoms with E-state index in [0.29, 0.717) is 19.4 Å². The minimum Gasteiger partial charge on any atom is -0.468 e. The van der Waals surface area contributed by atoms with E-state index in [4.69, 9.17) is 9.47 Å². The molecule has 0 N–H and O–H groups in total. The second-order valence-electron chi connectivity index (χ2n) is 10.2. The average molecular weight is 536 g/mol. The molecule has 2 heterocycles. The molecule has 1 unspecified atom stereocenters. The summed E-state index contributed by atoms with van der Waals surface area (Å²) in [5.41, 5.74) is 5.48. The van der Waals surface area contributed by atoms with E-state index in [1.807, 2.05) is 0 Å². The van der Waals surface area contributed by atoms with E-state index in [1.54, 1.807) is 0 Å². The molecule has 2 aromatic rings. The third-order valence-electron chi connectivity index (χ3n) is 8.30. The van der Waals surface area contributed by atoms with E-state index in [0.717, 1.165) is 44.6 Å². The fourth-order valence-corrected chi connectivity index (χ4v) is 6.67. The van der Waals surface area contributed by atoms with Crippen LogP contribution in [-0.4, -0.2) is 44.5 Å². The largest absolute Gasteiger partial charge is 0.468 e. The number of esters is 1. The van der Waals surface area contributed by atoms with Crippen LogP contribution in [0.15, 0.2) is 48.5 Å². The average Bonchev–Trinajstić information content (AvgIpc) is 3.60. The monoisotopic (exact) mass is 535 g/mol. The predicted octanol–water partition coefficient (Wildman–Crippen LogP) is 5.91. The molecule has 196 valence electrons. The molecule has 2 aromatic carbocycles. The second-order valence-corrected chi connectivity index (χ2v) is 10.2. The van der Waals surface area contributed by atoms with Gasteiger partial charge >= 0.3 is 5.97 Å². The fraction of sp³-hybridized carbons (Fsp3) is 0.484. The Morgan fingerprint density at radius 3 is 2.68 bits per heavy atom. The summed E-state index contributed by atoms with van der Waals surface area (Å²) in [6, 6.07) is 15.3. The topological polar surface area (TPSA) is 42.0 Å². The minimum absolute atomic E-state index is 0. The Morgan fingerprint density at radius 1 is 1.16 bits per heavy atom. The summed E-state index contributed by atoms with van der Waals surface area (Å²) in [5.74, 6) is -0.184. The molecule has 5 nitrogen and oxygen atoms in total. The van der Waals surface area contributed by atoms with Gasteiger partial charge in [0.25, 0.3) is 0 Å². The number of nitrogens with zero attached hydrogens (tertiary/aromatic N) is 2. The van der Waals surface area contributed by atoms with Crippen LogP contribution in [0, 0.1) is 6.92 Å². The zero-order valence-electron chi connectivity index (χ0n) is 22.3. The maximum absolute atomic E-state index is 12.3. The zero-order chi connectivity index (χ0) is 25.2. The van der Waals surface area contributed by atoms with Crippen molar-refractivity contribution >= 4 is 23.4 Å². The molecule has 1 aliphatic carbocycles. The van der Waals surface area contributed by atoms with Crippen molar-refractivity contribution in [3.8, 4) is 0 Å². The first-order chi connectivity index (χ1) is 17.6. The number of anilines is 2. The standard InChI is InChI=1S/C31H39N2O3.Ti/c1-4-19-35-29(34)23-25-12-13-28-27(22-25)30(15-7-8-16-30)31(33(28)18-20-36-31)17-14-24-10-9-11-26(21-24)32(5-2)6-3;/h9-14,17,21-22H,1,4-8,15-16,18-20,23H2,2-3H3;/q-1;/b17-14+;. The number of carbonyl (C=O) groups excluding carboxylic acids is 1. The molecule has 0 amide bonds. The maximum atomic E-state index is 12.3. The number of hydrogen-bond acceptors (Lipinski definition) is 5. The Bertz CT molecular complexity index is 1120. The molecule has 1 saturated heterocycles. The molecule has 6 heteroatoms. The number of benzene rings is 2. The van der Waals surface area contributed by atoms with Crippen molar-refractivity contribution in [1.29, 1.82) is 0 Å². The van der Waals surface area contributed by atoms with Gasteiger partial charge < -0.3 is 26.2 Å². The quantitative estimate of drug-likeness (QED) is 0.227. The summed E-state index contributed by atoms with van der Waals surface area (Å²) in [6.45, 7) is 12.1. The van der Waals surface area contributed by atoms with Crippen LogP contribution in [0.2, 0.25) is 0 Å². The first kappa shape index (κ1) is 27.9. The molecule has 0 aromatic heterocycles. The van der Waals surface area contributed by atoms with Gasteiger partial charge in [-0.1, -0.05) is 43.2 Å². The molecule has 2 fully saturated rings. The van der Waals surface area contributed by atoms with E-state index in [2.05, 4.69) is 85.2 Å². The summed E-state index contributed by atoms with van der Waals surface area (Å²) in [4.78, 5) is 17.2. The third-order valence-corrected chi connectivity index (χ3v) is 8.30. The number of fused-ring (bicyclic) bond motifs is 5. The summed E-state index contributed by atoms with van der Waals surface area (Å²) in [7, 11) is 0. The Labute approximate surface area is 237 Å². The van der Waals surface area contributed by atoms with E-state index in [-0.39, 0.29) is 33.1 Å². The molecule has 37 heavy (non-hydrogen) atoms. The number of hydrogen-bond donors (Lipinski definition) is 0. The Kier molecular flexibility index (Phi) is 8.88. The zero-order valence-corrected chi connectivity index (χ0v) is 23.9. The Hall–Kier alpha value is -2.08. The minimum atomic E-state index is -0.482. The fourth-order valence-electron chi connectivity index (χ4n) is 6.67. The molecule has 1 spiro atoms.